The Kier molecular flexibility index (Phi) is 24.6. The minimum absolute atomic E-state index is 0.0523. The number of aliphatic carboxylic acids is 4. The Morgan fingerprint density at radius 3 is 1.63 bits per heavy atom. The van der Waals surface area contributed by atoms with E-state index < -0.39 is 81.6 Å². The van der Waals surface area contributed by atoms with Crippen molar-refractivity contribution in [3.8, 4) is 0 Å². The summed E-state index contributed by atoms with van der Waals surface area (Å²) in [7, 11) is 0. The molecular formula is C38H60N7O15+. The molecule has 336 valence electrons. The molecule has 1 saturated heterocycles. The zero-order chi connectivity index (χ0) is 47.3. The molecule has 22 nitrogen and oxygen atoms in total. The largest absolute Gasteiger partial charge is 0.480 e. The summed E-state index contributed by atoms with van der Waals surface area (Å²) >= 11 is 0. The molecule has 4 amide bonds. The molecule has 0 aliphatic carbocycles. The van der Waals surface area contributed by atoms with Crippen molar-refractivity contribution in [3.63, 3.8) is 0 Å². The molecule has 1 aliphatic heterocycles. The van der Waals surface area contributed by atoms with Crippen LogP contribution in [-0.2, 0) is 47.9 Å². The van der Waals surface area contributed by atoms with Gasteiger partial charge in [-0.15, -0.1) is 0 Å². The van der Waals surface area contributed by atoms with E-state index in [0.29, 0.717) is 5.69 Å². The van der Waals surface area contributed by atoms with Crippen molar-refractivity contribution in [2.45, 2.75) is 85.0 Å². The van der Waals surface area contributed by atoms with Gasteiger partial charge in [-0.3, -0.25) is 28.8 Å². The lowest BCUT2D eigenvalue weighted by Crippen LogP contribution is -2.63. The second-order valence-corrected chi connectivity index (χ2v) is 14.6. The lowest BCUT2D eigenvalue weighted by Gasteiger charge is -2.34. The van der Waals surface area contributed by atoms with Gasteiger partial charge >= 0.3 is 41.7 Å². The van der Waals surface area contributed by atoms with Crippen LogP contribution in [0.25, 0.3) is 10.8 Å². The van der Waals surface area contributed by atoms with Crippen LogP contribution in [0.1, 0.15) is 60.8 Å². The van der Waals surface area contributed by atoms with Gasteiger partial charge in [0.15, 0.2) is 0 Å². The number of rotatable bonds is 14. The Hall–Kier alpha value is -5.91. The summed E-state index contributed by atoms with van der Waals surface area (Å²) in [6, 6.07) is 8.67. The van der Waals surface area contributed by atoms with Crippen LogP contribution in [0.4, 0.5) is 5.69 Å². The number of aliphatic hydroxyl groups excluding tert-OH is 1. The number of carbonyl (C=O) groups excluding carboxylic acids is 5. The molecule has 3 rings (SSSR count). The topological polar surface area (TPSA) is 420 Å². The number of carboxylic acids is 4. The molecular weight excluding hydrogens is 794 g/mol. The number of aliphatic hydroxyl groups is 1. The van der Waals surface area contributed by atoms with Gasteiger partial charge in [-0.1, -0.05) is 58.9 Å². The first-order valence-corrected chi connectivity index (χ1v) is 18.2. The van der Waals surface area contributed by atoms with E-state index in [-0.39, 0.29) is 56.8 Å². The third-order valence-electron chi connectivity index (χ3n) is 8.53. The van der Waals surface area contributed by atoms with Gasteiger partial charge in [0.1, 0.15) is 30.4 Å². The van der Waals surface area contributed by atoms with E-state index in [1.165, 1.54) is 6.92 Å². The lowest BCUT2D eigenvalue weighted by atomic mass is 9.79. The SMILES string of the molecule is CC(C)[C@H](N)C(=O)OC[C@H](N)C(=O)O.C[C@@H](C(=O)O)[N+]1(c2ccc3ccccc3c2)C(=O)CC(C(C)(C)C)C1=O.NC(=O)CCO.NC(=O)C[C@H](N)C(=O)O.NCC(=O)O. The third kappa shape index (κ3) is 18.3. The predicted octanol–water partition coefficient (Wildman–Crippen LogP) is -1.18. The van der Waals surface area contributed by atoms with Crippen molar-refractivity contribution in [1.29, 1.82) is 0 Å². The summed E-state index contributed by atoms with van der Waals surface area (Å²) in [6.45, 7) is 9.94. The number of ether oxygens (including phenoxy) is 1. The van der Waals surface area contributed by atoms with Gasteiger partial charge in [-0.2, -0.15) is 4.48 Å². The average molecular weight is 855 g/mol. The second-order valence-electron chi connectivity index (χ2n) is 14.6. The molecule has 2 unspecified atom stereocenters. The number of hydrogen-bond donors (Lipinski definition) is 11. The van der Waals surface area contributed by atoms with E-state index in [2.05, 4.69) is 21.9 Å². The highest BCUT2D eigenvalue weighted by atomic mass is 16.5. The van der Waals surface area contributed by atoms with E-state index in [4.69, 9.17) is 37.6 Å². The maximum Gasteiger partial charge on any atom is 0.363 e. The van der Waals surface area contributed by atoms with Crippen LogP contribution in [0, 0.1) is 17.3 Å². The number of carboxylic acid groups (broad SMARTS) is 4. The summed E-state index contributed by atoms with van der Waals surface area (Å²) in [6.07, 6.45) is -0.178. The predicted molar refractivity (Wildman–Crippen MR) is 217 cm³/mol. The molecule has 22 heteroatoms. The average Bonchev–Trinajstić information content (AvgIpc) is 3.43. The number of quaternary nitrogens is 1. The highest BCUT2D eigenvalue weighted by molar-refractivity contribution is 6.18. The Labute approximate surface area is 346 Å². The van der Waals surface area contributed by atoms with Crippen LogP contribution < -0.4 is 38.9 Å². The van der Waals surface area contributed by atoms with E-state index >= 15 is 0 Å². The van der Waals surface area contributed by atoms with Crippen molar-refractivity contribution in [2.24, 2.45) is 51.7 Å². The maximum atomic E-state index is 13.5. The molecule has 1 aliphatic rings. The quantitative estimate of drug-likeness (QED) is 0.0605. The molecule has 2 aromatic carbocycles. The number of hydrogen-bond acceptors (Lipinski definition) is 15. The Bertz CT molecular complexity index is 1820. The number of esters is 1. The number of fused-ring (bicyclic) bond motifs is 1. The first kappa shape index (κ1) is 56.2. The standard InChI is InChI=1S/C21H23NO4.C8H16N2O4.C4H8N2O3.C3H7NO2.C2H5NO2/c1-13(20(25)26)22(18(23)12-17(19(22)24)21(2,3)4)16-10-9-14-7-5-6-8-15(14)11-16;1-4(2)6(10)8(13)14-3-5(9)7(11)12;5-2(4(8)9)1-3(6)7;4-3(6)1-2-5;3-1-2(4)5/h5-11,13,17H,12H2,1-4H3;4-6H,3,9-10H2,1-2H3,(H,11,12);2H,1,5H2,(H2,6,7)(H,8,9);5H,1-2H2,(H2,4,6);1,3H2,(H,4,5)/p+1/t13-,17?,22?;5-,6-;2-;;/m000../s1. The summed E-state index contributed by atoms with van der Waals surface area (Å²) in [4.78, 5) is 98.6. The third-order valence-corrected chi connectivity index (χ3v) is 8.53. The van der Waals surface area contributed by atoms with E-state index in [9.17, 15) is 48.3 Å². The Balaban J connectivity index is 0. The summed E-state index contributed by atoms with van der Waals surface area (Å²) in [5, 5.41) is 43.6. The molecule has 1 fully saturated rings. The Morgan fingerprint density at radius 1 is 0.800 bits per heavy atom. The minimum Gasteiger partial charge on any atom is -0.480 e. The molecule has 2 aromatic rings. The number of carbonyl (C=O) groups is 9. The molecule has 0 saturated carbocycles. The first-order chi connectivity index (χ1) is 27.5. The second kappa shape index (κ2) is 26.2. The highest BCUT2D eigenvalue weighted by Gasteiger charge is 2.64. The fraction of sp³-hybridized carbons (Fsp3) is 0.500. The van der Waals surface area contributed by atoms with Crippen LogP contribution >= 0.6 is 0 Å². The highest BCUT2D eigenvalue weighted by Crippen LogP contribution is 2.44. The van der Waals surface area contributed by atoms with Gasteiger partial charge in [0.2, 0.25) is 17.9 Å². The van der Waals surface area contributed by atoms with Crippen molar-refractivity contribution in [3.05, 3.63) is 42.5 Å². The number of nitrogens with zero attached hydrogens (tertiary/aromatic N) is 1. The minimum atomic E-state index is -1.21. The van der Waals surface area contributed by atoms with Gasteiger partial charge in [0.25, 0.3) is 0 Å². The van der Waals surface area contributed by atoms with Crippen molar-refractivity contribution in [1.82, 2.24) is 4.48 Å². The van der Waals surface area contributed by atoms with Gasteiger partial charge in [0, 0.05) is 25.5 Å². The van der Waals surface area contributed by atoms with Gasteiger partial charge < -0.3 is 64.7 Å². The number of primary amides is 2. The van der Waals surface area contributed by atoms with Gasteiger partial charge in [-0.25, -0.2) is 14.4 Å². The Morgan fingerprint density at radius 2 is 1.30 bits per heavy atom. The van der Waals surface area contributed by atoms with E-state index in [1.54, 1.807) is 26.0 Å². The van der Waals surface area contributed by atoms with Gasteiger partial charge in [0.05, 0.1) is 31.9 Å². The van der Waals surface area contributed by atoms with Crippen LogP contribution in [0.3, 0.4) is 0 Å². The fourth-order valence-electron chi connectivity index (χ4n) is 4.94. The molecule has 0 aromatic heterocycles. The number of benzene rings is 2. The van der Waals surface area contributed by atoms with Crippen LogP contribution in [0.15, 0.2) is 42.5 Å². The number of imide groups is 1. The monoisotopic (exact) mass is 854 g/mol. The summed E-state index contributed by atoms with van der Waals surface area (Å²) < 4.78 is 3.87. The molecule has 60 heavy (non-hydrogen) atoms. The summed E-state index contributed by atoms with van der Waals surface area (Å²) in [5.74, 6) is -7.58. The summed E-state index contributed by atoms with van der Waals surface area (Å²) in [5.41, 5.74) is 29.3. The van der Waals surface area contributed by atoms with Crippen molar-refractivity contribution < 1.29 is 73.4 Å². The number of likely N-dealkylation sites (tertiary alicyclic amines) is 1. The molecule has 0 spiro atoms. The van der Waals surface area contributed by atoms with E-state index in [1.807, 2.05) is 51.1 Å². The molecule has 0 radical (unpaired) electrons. The van der Waals surface area contributed by atoms with Crippen LogP contribution in [0.5, 0.6) is 0 Å². The number of nitrogens with two attached hydrogens (primary N) is 6. The molecule has 6 atom stereocenters. The normalized spacial score (nSPS) is 17.6. The number of amides is 4. The van der Waals surface area contributed by atoms with Crippen LogP contribution in [0.2, 0.25) is 0 Å². The smallest absolute Gasteiger partial charge is 0.363 e. The zero-order valence-electron chi connectivity index (χ0n) is 34.5. The zero-order valence-corrected chi connectivity index (χ0v) is 34.5. The van der Waals surface area contributed by atoms with E-state index in [0.717, 1.165) is 10.8 Å². The van der Waals surface area contributed by atoms with Crippen molar-refractivity contribution in [2.75, 3.05) is 19.8 Å². The van der Waals surface area contributed by atoms with Crippen molar-refractivity contribution >= 4 is 69.9 Å². The van der Waals surface area contributed by atoms with Gasteiger partial charge in [-0.05, 0) is 28.2 Å². The maximum absolute atomic E-state index is 13.5. The molecule has 17 N–H and O–H groups in total. The molecule has 1 heterocycles. The lowest BCUT2D eigenvalue weighted by molar-refractivity contribution is -0.153. The molecule has 0 bridgehead atoms. The fourth-order valence-corrected chi connectivity index (χ4v) is 4.94. The van der Waals surface area contributed by atoms with Crippen LogP contribution in [-0.4, -0.2) is 123 Å². The first-order valence-electron chi connectivity index (χ1n) is 18.2.